The van der Waals surface area contributed by atoms with Crippen molar-refractivity contribution in [1.82, 2.24) is 10.8 Å². The molecule has 3 N–H and O–H groups in total. The summed E-state index contributed by atoms with van der Waals surface area (Å²) in [6.07, 6.45) is 7.52. The van der Waals surface area contributed by atoms with E-state index in [0.717, 1.165) is 0 Å². The van der Waals surface area contributed by atoms with Gasteiger partial charge in [0.15, 0.2) is 0 Å². The molecule has 1 rings (SSSR count). The third-order valence-electron chi connectivity index (χ3n) is 2.96. The number of hydrogen-bond acceptors (Lipinski definition) is 5. The van der Waals surface area contributed by atoms with Crippen LogP contribution in [0.5, 0.6) is 0 Å². The lowest BCUT2D eigenvalue weighted by atomic mass is 9.95. The Bertz CT molecular complexity index is 302. The highest BCUT2D eigenvalue weighted by Gasteiger charge is 2.40. The number of terminal acetylenes is 1. The van der Waals surface area contributed by atoms with E-state index in [4.69, 9.17) is 16.3 Å². The Morgan fingerprint density at radius 1 is 1.76 bits per heavy atom. The number of hydrogen-bond donors (Lipinski definition) is 3. The average Bonchev–Trinajstić information content (AvgIpc) is 2.70. The topological polar surface area (TPSA) is 79.8 Å². The van der Waals surface area contributed by atoms with Crippen LogP contribution in [0.3, 0.4) is 0 Å². The highest BCUT2D eigenvalue weighted by Crippen LogP contribution is 2.23. The van der Waals surface area contributed by atoms with Gasteiger partial charge in [0.2, 0.25) is 0 Å². The molecule has 6 nitrogen and oxygen atoms in total. The fourth-order valence-electron chi connectivity index (χ4n) is 2.20. The maximum Gasteiger partial charge on any atom is 0.320 e. The van der Waals surface area contributed by atoms with Crippen LogP contribution in [-0.4, -0.2) is 42.9 Å². The third-order valence-corrected chi connectivity index (χ3v) is 2.96. The van der Waals surface area contributed by atoms with Crippen molar-refractivity contribution in [3.05, 3.63) is 0 Å². The summed E-state index contributed by atoms with van der Waals surface area (Å²) in [5.74, 6) is -0.733. The van der Waals surface area contributed by atoms with Gasteiger partial charge in [-0.2, -0.15) is 0 Å². The zero-order valence-electron chi connectivity index (χ0n) is 9.97. The largest absolute Gasteiger partial charge is 0.480 e. The van der Waals surface area contributed by atoms with E-state index in [2.05, 4.69) is 15.6 Å². The molecule has 4 atom stereocenters. The second-order valence-corrected chi connectivity index (χ2v) is 4.16. The molecule has 0 radical (unpaired) electrons. The van der Waals surface area contributed by atoms with Gasteiger partial charge in [0.25, 0.3) is 0 Å². The molecular weight excluding hydrogens is 224 g/mol. The summed E-state index contributed by atoms with van der Waals surface area (Å²) in [6.45, 7) is 2.38. The Labute approximate surface area is 101 Å². The second kappa shape index (κ2) is 6.45. The molecule has 0 aliphatic carbocycles. The van der Waals surface area contributed by atoms with E-state index in [9.17, 15) is 4.79 Å². The number of nitrogens with one attached hydrogen (secondary N) is 2. The molecule has 4 unspecified atom stereocenters. The van der Waals surface area contributed by atoms with Gasteiger partial charge in [0.05, 0.1) is 12.6 Å². The molecule has 1 aliphatic rings. The lowest BCUT2D eigenvalue weighted by Crippen LogP contribution is -2.48. The Hall–Kier alpha value is -1.29. The average molecular weight is 242 g/mol. The third kappa shape index (κ3) is 3.60. The summed E-state index contributed by atoms with van der Waals surface area (Å²) >= 11 is 0. The van der Waals surface area contributed by atoms with Crippen molar-refractivity contribution in [2.24, 2.45) is 5.92 Å². The van der Waals surface area contributed by atoms with Crippen LogP contribution in [0.15, 0.2) is 0 Å². The van der Waals surface area contributed by atoms with Crippen molar-refractivity contribution in [2.75, 3.05) is 13.7 Å². The molecule has 6 heteroatoms. The number of carboxylic acids is 1. The van der Waals surface area contributed by atoms with Gasteiger partial charge in [-0.3, -0.25) is 10.1 Å². The lowest BCUT2D eigenvalue weighted by molar-refractivity contribution is -0.139. The molecular formula is C11H18N2O4. The molecule has 0 aromatic rings. The SMILES string of the molecule is C#CONC(C)C1NC(C(=O)O)CC1COC. The van der Waals surface area contributed by atoms with E-state index < -0.39 is 12.0 Å². The molecule has 1 aliphatic heterocycles. The fourth-order valence-corrected chi connectivity index (χ4v) is 2.20. The molecule has 0 amide bonds. The van der Waals surface area contributed by atoms with Crippen molar-refractivity contribution in [3.63, 3.8) is 0 Å². The lowest BCUT2D eigenvalue weighted by Gasteiger charge is -2.24. The molecule has 0 aromatic heterocycles. The second-order valence-electron chi connectivity index (χ2n) is 4.16. The summed E-state index contributed by atoms with van der Waals surface area (Å²) in [5, 5.41) is 12.0. The Morgan fingerprint density at radius 2 is 2.47 bits per heavy atom. The van der Waals surface area contributed by atoms with E-state index in [1.165, 1.54) is 0 Å². The monoisotopic (exact) mass is 242 g/mol. The molecule has 1 heterocycles. The highest BCUT2D eigenvalue weighted by molar-refractivity contribution is 5.74. The number of carboxylic acid groups (broad SMARTS) is 1. The van der Waals surface area contributed by atoms with Crippen molar-refractivity contribution in [3.8, 4) is 12.5 Å². The number of carbonyl (C=O) groups is 1. The molecule has 1 fully saturated rings. The normalized spacial score (nSPS) is 29.6. The van der Waals surface area contributed by atoms with Gasteiger partial charge in [0, 0.05) is 19.1 Å². The first-order valence-corrected chi connectivity index (χ1v) is 5.45. The van der Waals surface area contributed by atoms with E-state index >= 15 is 0 Å². The van der Waals surface area contributed by atoms with Gasteiger partial charge in [-0.25, -0.2) is 0 Å². The zero-order chi connectivity index (χ0) is 12.8. The predicted molar refractivity (Wildman–Crippen MR) is 60.8 cm³/mol. The van der Waals surface area contributed by atoms with Gasteiger partial charge < -0.3 is 14.7 Å². The van der Waals surface area contributed by atoms with Crippen molar-refractivity contribution in [2.45, 2.75) is 31.5 Å². The molecule has 96 valence electrons. The molecule has 0 bridgehead atoms. The van der Waals surface area contributed by atoms with Crippen molar-refractivity contribution >= 4 is 5.97 Å². The van der Waals surface area contributed by atoms with Crippen LogP contribution in [0, 0.1) is 18.4 Å². The highest BCUT2D eigenvalue weighted by atomic mass is 16.6. The van der Waals surface area contributed by atoms with Gasteiger partial charge in [-0.15, -0.1) is 5.48 Å². The van der Waals surface area contributed by atoms with E-state index in [1.807, 2.05) is 13.0 Å². The van der Waals surface area contributed by atoms with Crippen LogP contribution in [0.25, 0.3) is 0 Å². The Morgan fingerprint density at radius 3 is 3.00 bits per heavy atom. The fraction of sp³-hybridized carbons (Fsp3) is 0.727. The minimum Gasteiger partial charge on any atom is -0.480 e. The quantitative estimate of drug-likeness (QED) is 0.433. The minimum absolute atomic E-state index is 0.0515. The molecule has 0 aromatic carbocycles. The molecule has 0 spiro atoms. The number of ether oxygens (including phenoxy) is 1. The summed E-state index contributed by atoms with van der Waals surface area (Å²) in [6, 6.07) is -0.699. The first kappa shape index (κ1) is 13.8. The number of methoxy groups -OCH3 is 1. The summed E-state index contributed by atoms with van der Waals surface area (Å²) < 4.78 is 5.10. The predicted octanol–water partition coefficient (Wildman–Crippen LogP) is -0.435. The standard InChI is InChI=1S/C11H18N2O4/c1-4-17-13-7(2)10-8(6-16-3)5-9(12-10)11(14)15/h1,7-10,12-13H,5-6H2,2-3H3,(H,14,15). The minimum atomic E-state index is -0.848. The molecule has 17 heavy (non-hydrogen) atoms. The molecule has 0 saturated carbocycles. The van der Waals surface area contributed by atoms with Crippen molar-refractivity contribution < 1.29 is 19.5 Å². The Kier molecular flexibility index (Phi) is 5.22. The van der Waals surface area contributed by atoms with Crippen LogP contribution < -0.4 is 10.8 Å². The number of rotatable bonds is 6. The van der Waals surface area contributed by atoms with Crippen LogP contribution in [0.1, 0.15) is 13.3 Å². The van der Waals surface area contributed by atoms with Crippen LogP contribution >= 0.6 is 0 Å². The zero-order valence-corrected chi connectivity index (χ0v) is 9.97. The summed E-state index contributed by atoms with van der Waals surface area (Å²) in [4.78, 5) is 15.6. The van der Waals surface area contributed by atoms with E-state index in [1.54, 1.807) is 7.11 Å². The van der Waals surface area contributed by atoms with Gasteiger partial charge in [0.1, 0.15) is 12.1 Å². The first-order valence-electron chi connectivity index (χ1n) is 5.45. The van der Waals surface area contributed by atoms with E-state index in [0.29, 0.717) is 13.0 Å². The summed E-state index contributed by atoms with van der Waals surface area (Å²) in [7, 11) is 1.60. The van der Waals surface area contributed by atoms with Crippen molar-refractivity contribution in [1.29, 1.82) is 0 Å². The maximum absolute atomic E-state index is 10.9. The Balaban J connectivity index is 2.60. The smallest absolute Gasteiger partial charge is 0.320 e. The number of hydroxylamine groups is 1. The molecule has 1 saturated heterocycles. The van der Waals surface area contributed by atoms with Crippen LogP contribution in [0.2, 0.25) is 0 Å². The summed E-state index contributed by atoms with van der Waals surface area (Å²) in [5.41, 5.74) is 2.67. The van der Waals surface area contributed by atoms with E-state index in [-0.39, 0.29) is 18.0 Å². The number of aliphatic carboxylic acids is 1. The first-order chi connectivity index (χ1) is 8.10. The van der Waals surface area contributed by atoms with Crippen LogP contribution in [-0.2, 0) is 14.4 Å². The van der Waals surface area contributed by atoms with Gasteiger partial charge >= 0.3 is 5.97 Å². The van der Waals surface area contributed by atoms with Gasteiger partial charge in [-0.05, 0) is 13.3 Å². The van der Waals surface area contributed by atoms with Crippen LogP contribution in [0.4, 0.5) is 0 Å². The maximum atomic E-state index is 10.9. The van der Waals surface area contributed by atoms with Gasteiger partial charge in [-0.1, -0.05) is 6.42 Å².